The van der Waals surface area contributed by atoms with Crippen molar-refractivity contribution >= 4 is 0 Å². The summed E-state index contributed by atoms with van der Waals surface area (Å²) >= 11 is 0. The second-order valence-corrected chi connectivity index (χ2v) is 5.20. The zero-order valence-electron chi connectivity index (χ0n) is 12.1. The van der Waals surface area contributed by atoms with E-state index >= 15 is 0 Å². The van der Waals surface area contributed by atoms with Gasteiger partial charge in [0.25, 0.3) is 0 Å². The first kappa shape index (κ1) is 22.4. The molecule has 1 N–H and O–H groups in total. The smallest absolute Gasteiger partial charge is 0.388 e. The third-order valence-electron chi connectivity index (χ3n) is 3.29. The molecule has 0 bridgehead atoms. The normalized spacial score (nSPS) is 15.9. The van der Waals surface area contributed by atoms with E-state index in [0.29, 0.717) is 12.1 Å². The van der Waals surface area contributed by atoms with E-state index in [0.717, 1.165) is 12.1 Å². The fraction of sp³-hybridized carbons (Fsp3) is 0.538. The van der Waals surface area contributed by atoms with Gasteiger partial charge in [0.1, 0.15) is 5.82 Å². The van der Waals surface area contributed by atoms with Gasteiger partial charge in [0.05, 0.1) is 6.10 Å². The van der Waals surface area contributed by atoms with Gasteiger partial charge < -0.3 is 5.11 Å². The van der Waals surface area contributed by atoms with Gasteiger partial charge in [-0.2, -0.15) is 48.3 Å². The molecule has 1 aromatic carbocycles. The highest BCUT2D eigenvalue weighted by atomic mass is 19.4. The first-order chi connectivity index (χ1) is 11.4. The van der Waals surface area contributed by atoms with Crippen LogP contribution >= 0.6 is 0 Å². The lowest BCUT2D eigenvalue weighted by Gasteiger charge is -2.37. The van der Waals surface area contributed by atoms with Crippen LogP contribution < -0.4 is 0 Å². The third kappa shape index (κ3) is 3.58. The number of aliphatic hydroxyl groups excluding tert-OH is 1. The van der Waals surface area contributed by atoms with Crippen molar-refractivity contribution in [1.29, 1.82) is 0 Å². The van der Waals surface area contributed by atoms with E-state index < -0.39 is 53.8 Å². The lowest BCUT2D eigenvalue weighted by atomic mass is 9.92. The van der Waals surface area contributed by atoms with E-state index in [2.05, 4.69) is 0 Å². The second-order valence-electron chi connectivity index (χ2n) is 5.20. The number of alkyl halides is 11. The summed E-state index contributed by atoms with van der Waals surface area (Å²) in [5, 5.41) is 9.34. The minimum absolute atomic E-state index is 0.349. The Balaban J connectivity index is 3.23. The van der Waals surface area contributed by atoms with E-state index in [1.54, 1.807) is 0 Å². The topological polar surface area (TPSA) is 20.2 Å². The summed E-state index contributed by atoms with van der Waals surface area (Å²) in [5.74, 6) is -29.6. The Labute approximate surface area is 137 Å². The Morgan fingerprint density at radius 3 is 1.69 bits per heavy atom. The van der Waals surface area contributed by atoms with E-state index in [1.165, 1.54) is 0 Å². The predicted octanol–water partition coefficient (Wildman–Crippen LogP) is 5.35. The van der Waals surface area contributed by atoms with Crippen LogP contribution in [0.1, 0.15) is 18.1 Å². The van der Waals surface area contributed by atoms with Crippen molar-refractivity contribution in [1.82, 2.24) is 0 Å². The third-order valence-corrected chi connectivity index (χ3v) is 3.29. The van der Waals surface area contributed by atoms with Crippen LogP contribution in [0.2, 0.25) is 0 Å². The highest BCUT2D eigenvalue weighted by Crippen LogP contribution is 2.58. The molecule has 150 valence electrons. The lowest BCUT2D eigenvalue weighted by molar-refractivity contribution is -0.423. The summed E-state index contributed by atoms with van der Waals surface area (Å²) in [6, 6.07) is 2.61. The Hall–Kier alpha value is -1.66. The van der Waals surface area contributed by atoms with E-state index in [9.17, 15) is 57.8 Å². The Morgan fingerprint density at radius 1 is 0.769 bits per heavy atom. The van der Waals surface area contributed by atoms with E-state index in [1.807, 2.05) is 0 Å². The molecule has 26 heavy (non-hydrogen) atoms. The summed E-state index contributed by atoms with van der Waals surface area (Å²) in [6.07, 6.45) is -12.7. The van der Waals surface area contributed by atoms with E-state index in [-0.39, 0.29) is 0 Å². The SMILES string of the molecule is OC(CC(F)(F)C(F)(F)C(F)(F)C(F)(F)C(F)(F)F)c1cccc(F)c1. The van der Waals surface area contributed by atoms with Gasteiger partial charge in [0.15, 0.2) is 0 Å². The summed E-state index contributed by atoms with van der Waals surface area (Å²) < 4.78 is 154. The average Bonchev–Trinajstić information content (AvgIpc) is 2.44. The number of hydrogen-bond acceptors (Lipinski definition) is 1. The largest absolute Gasteiger partial charge is 0.460 e. The van der Waals surface area contributed by atoms with Crippen LogP contribution in [-0.4, -0.2) is 35.0 Å². The molecule has 0 amide bonds. The minimum atomic E-state index is -7.54. The van der Waals surface area contributed by atoms with Crippen molar-refractivity contribution in [2.75, 3.05) is 0 Å². The summed E-state index contributed by atoms with van der Waals surface area (Å²) in [4.78, 5) is 0. The molecular weight excluding hydrogens is 400 g/mol. The number of hydrogen-bond donors (Lipinski definition) is 1. The number of aliphatic hydroxyl groups is 1. The maximum atomic E-state index is 13.5. The van der Waals surface area contributed by atoms with Crippen molar-refractivity contribution < 1.29 is 57.8 Å². The maximum Gasteiger partial charge on any atom is 0.460 e. The zero-order chi connectivity index (χ0) is 20.8. The first-order valence-electron chi connectivity index (χ1n) is 6.40. The molecule has 1 aromatic rings. The fourth-order valence-corrected chi connectivity index (χ4v) is 1.81. The van der Waals surface area contributed by atoms with Crippen LogP contribution in [0.25, 0.3) is 0 Å². The molecule has 0 aliphatic heterocycles. The molecule has 0 saturated heterocycles. The van der Waals surface area contributed by atoms with Gasteiger partial charge in [-0.15, -0.1) is 0 Å². The molecule has 13 heteroatoms. The average molecular weight is 408 g/mol. The highest BCUT2D eigenvalue weighted by Gasteiger charge is 2.87. The van der Waals surface area contributed by atoms with Crippen molar-refractivity contribution in [3.05, 3.63) is 35.6 Å². The van der Waals surface area contributed by atoms with Crippen LogP contribution in [0.5, 0.6) is 0 Å². The van der Waals surface area contributed by atoms with Gasteiger partial charge in [-0.05, 0) is 17.7 Å². The van der Waals surface area contributed by atoms with Crippen LogP contribution in [0, 0.1) is 5.82 Å². The van der Waals surface area contributed by atoms with Crippen LogP contribution in [0.3, 0.4) is 0 Å². The summed E-state index contributed by atoms with van der Waals surface area (Å²) in [7, 11) is 0. The van der Waals surface area contributed by atoms with Gasteiger partial charge in [-0.3, -0.25) is 0 Å². The molecule has 0 aromatic heterocycles. The minimum Gasteiger partial charge on any atom is -0.388 e. The van der Waals surface area contributed by atoms with Crippen LogP contribution in [0.4, 0.5) is 52.7 Å². The molecular formula is C13H8F12O. The van der Waals surface area contributed by atoms with Crippen molar-refractivity contribution in [3.8, 4) is 0 Å². The molecule has 0 spiro atoms. The lowest BCUT2D eigenvalue weighted by Crippen LogP contribution is -2.66. The van der Waals surface area contributed by atoms with Gasteiger partial charge in [0, 0.05) is 6.42 Å². The second kappa shape index (κ2) is 6.50. The molecule has 1 atom stereocenters. The molecule has 0 aliphatic rings. The Kier molecular flexibility index (Phi) is 5.59. The summed E-state index contributed by atoms with van der Waals surface area (Å²) in [5.41, 5.74) is -0.814. The van der Waals surface area contributed by atoms with Gasteiger partial charge >= 0.3 is 29.9 Å². The highest BCUT2D eigenvalue weighted by molar-refractivity contribution is 5.19. The molecule has 0 saturated carbocycles. The number of benzene rings is 1. The predicted molar refractivity (Wildman–Crippen MR) is 61.8 cm³/mol. The van der Waals surface area contributed by atoms with Crippen molar-refractivity contribution in [2.24, 2.45) is 0 Å². The molecule has 0 radical (unpaired) electrons. The summed E-state index contributed by atoms with van der Waals surface area (Å²) in [6.45, 7) is 0. The van der Waals surface area contributed by atoms with Gasteiger partial charge in [-0.1, -0.05) is 12.1 Å². The van der Waals surface area contributed by atoms with Crippen LogP contribution in [0.15, 0.2) is 24.3 Å². The molecule has 1 rings (SSSR count). The van der Waals surface area contributed by atoms with Crippen molar-refractivity contribution in [3.63, 3.8) is 0 Å². The standard InChI is InChI=1S/C13H8F12O/c14-7-3-1-2-6(4-7)8(26)5-9(15,16)10(17,18)11(19,20)12(21,22)13(23,24)25/h1-4,8,26H,5H2. The molecule has 1 unspecified atom stereocenters. The van der Waals surface area contributed by atoms with Crippen LogP contribution in [-0.2, 0) is 0 Å². The fourth-order valence-electron chi connectivity index (χ4n) is 1.81. The van der Waals surface area contributed by atoms with Gasteiger partial charge in [-0.25, -0.2) is 4.39 Å². The maximum absolute atomic E-state index is 13.5. The molecule has 0 fully saturated rings. The van der Waals surface area contributed by atoms with E-state index in [4.69, 9.17) is 0 Å². The zero-order valence-corrected chi connectivity index (χ0v) is 12.1. The first-order valence-corrected chi connectivity index (χ1v) is 6.40. The molecule has 0 heterocycles. The molecule has 0 aliphatic carbocycles. The van der Waals surface area contributed by atoms with Gasteiger partial charge in [0.2, 0.25) is 0 Å². The Bertz CT molecular complexity index is 636. The molecule has 1 nitrogen and oxygen atoms in total. The quantitative estimate of drug-likeness (QED) is 0.629. The van der Waals surface area contributed by atoms with Crippen molar-refractivity contribution in [2.45, 2.75) is 42.4 Å². The monoisotopic (exact) mass is 408 g/mol. The number of halogens is 12. The Morgan fingerprint density at radius 2 is 1.27 bits per heavy atom. The number of rotatable bonds is 6.